The van der Waals surface area contributed by atoms with Gasteiger partial charge in [-0.2, -0.15) is 0 Å². The number of piperazine rings is 1. The van der Waals surface area contributed by atoms with E-state index in [1.807, 2.05) is 0 Å². The van der Waals surface area contributed by atoms with Gasteiger partial charge in [0.05, 0.1) is 7.11 Å². The Morgan fingerprint density at radius 1 is 1.40 bits per heavy atom. The monoisotopic (exact) mass is 276 g/mol. The van der Waals surface area contributed by atoms with Crippen molar-refractivity contribution < 1.29 is 4.74 Å². The molecule has 0 amide bonds. The van der Waals surface area contributed by atoms with Gasteiger partial charge in [-0.05, 0) is 43.0 Å². The van der Waals surface area contributed by atoms with Crippen LogP contribution in [0.3, 0.4) is 0 Å². The third kappa shape index (κ3) is 3.09. The van der Waals surface area contributed by atoms with E-state index in [0.29, 0.717) is 18.0 Å². The fraction of sp³-hybridized carbons (Fsp3) is 0.647. The Morgan fingerprint density at radius 3 is 2.70 bits per heavy atom. The van der Waals surface area contributed by atoms with Gasteiger partial charge in [0.15, 0.2) is 0 Å². The highest BCUT2D eigenvalue weighted by Crippen LogP contribution is 2.28. The molecule has 3 nitrogen and oxygen atoms in total. The maximum absolute atomic E-state index is 5.37. The summed E-state index contributed by atoms with van der Waals surface area (Å²) in [4.78, 5) is 2.57. The number of benzene rings is 1. The number of methoxy groups -OCH3 is 1. The highest BCUT2D eigenvalue weighted by Gasteiger charge is 2.29. The van der Waals surface area contributed by atoms with Gasteiger partial charge < -0.3 is 15.0 Å². The van der Waals surface area contributed by atoms with Crippen molar-refractivity contribution in [2.45, 2.75) is 46.2 Å². The smallest absolute Gasteiger partial charge is 0.121 e. The standard InChI is InChI=1S/C17H28N2O/c1-6-14-11-19(16(10-18-14)12(2)3)15-7-8-17(20-5)13(4)9-15/h7-9,12,14,16,18H,6,10-11H2,1-5H3. The van der Waals surface area contributed by atoms with E-state index in [2.05, 4.69) is 56.1 Å². The number of hydrogen-bond acceptors (Lipinski definition) is 3. The lowest BCUT2D eigenvalue weighted by molar-refractivity contribution is 0.333. The van der Waals surface area contributed by atoms with Crippen molar-refractivity contribution in [3.8, 4) is 5.75 Å². The number of nitrogens with one attached hydrogen (secondary N) is 1. The molecule has 0 aliphatic carbocycles. The van der Waals surface area contributed by atoms with Crippen LogP contribution in [0, 0.1) is 12.8 Å². The molecule has 1 N–H and O–H groups in total. The highest BCUT2D eigenvalue weighted by atomic mass is 16.5. The molecule has 3 heteroatoms. The summed E-state index contributed by atoms with van der Waals surface area (Å²) < 4.78 is 5.37. The molecule has 2 atom stereocenters. The molecule has 1 aromatic carbocycles. The second-order valence-corrected chi connectivity index (χ2v) is 6.13. The first-order valence-corrected chi connectivity index (χ1v) is 7.71. The Hall–Kier alpha value is -1.22. The van der Waals surface area contributed by atoms with Crippen LogP contribution < -0.4 is 15.0 Å². The molecule has 0 bridgehead atoms. The van der Waals surface area contributed by atoms with Gasteiger partial charge in [-0.1, -0.05) is 20.8 Å². The number of ether oxygens (including phenoxy) is 1. The number of aryl methyl sites for hydroxylation is 1. The molecule has 2 unspecified atom stereocenters. The van der Waals surface area contributed by atoms with Gasteiger partial charge in [-0.15, -0.1) is 0 Å². The van der Waals surface area contributed by atoms with Gasteiger partial charge in [0.25, 0.3) is 0 Å². The minimum Gasteiger partial charge on any atom is -0.496 e. The molecule has 1 aliphatic rings. The summed E-state index contributed by atoms with van der Waals surface area (Å²) >= 11 is 0. The van der Waals surface area contributed by atoms with Crippen LogP contribution in [0.25, 0.3) is 0 Å². The van der Waals surface area contributed by atoms with Crippen LogP contribution in [0.15, 0.2) is 18.2 Å². The average molecular weight is 276 g/mol. The van der Waals surface area contributed by atoms with E-state index >= 15 is 0 Å². The molecule has 2 rings (SSSR count). The molecule has 0 aromatic heterocycles. The fourth-order valence-electron chi connectivity index (χ4n) is 3.04. The molecule has 0 spiro atoms. The molecular formula is C17H28N2O. The van der Waals surface area contributed by atoms with Crippen LogP contribution in [0.2, 0.25) is 0 Å². The predicted octanol–water partition coefficient (Wildman–Crippen LogP) is 3.22. The maximum Gasteiger partial charge on any atom is 0.121 e. The van der Waals surface area contributed by atoms with Crippen LogP contribution in [0.1, 0.15) is 32.8 Å². The van der Waals surface area contributed by atoms with Crippen molar-refractivity contribution in [2.24, 2.45) is 5.92 Å². The number of nitrogens with zero attached hydrogens (tertiary/aromatic N) is 1. The van der Waals surface area contributed by atoms with Gasteiger partial charge in [-0.3, -0.25) is 0 Å². The Bertz CT molecular complexity index is 445. The van der Waals surface area contributed by atoms with Gasteiger partial charge in [0, 0.05) is 30.9 Å². The summed E-state index contributed by atoms with van der Waals surface area (Å²) in [5, 5.41) is 3.67. The lowest BCUT2D eigenvalue weighted by atomic mass is 9.96. The van der Waals surface area contributed by atoms with Crippen molar-refractivity contribution in [3.05, 3.63) is 23.8 Å². The number of anilines is 1. The average Bonchev–Trinajstić information content (AvgIpc) is 2.46. The molecular weight excluding hydrogens is 248 g/mol. The Kier molecular flexibility index (Phi) is 4.92. The second kappa shape index (κ2) is 6.49. The Labute approximate surface area is 123 Å². The Balaban J connectivity index is 2.27. The number of rotatable bonds is 4. The zero-order valence-electron chi connectivity index (χ0n) is 13.4. The van der Waals surface area contributed by atoms with Crippen molar-refractivity contribution in [2.75, 3.05) is 25.1 Å². The topological polar surface area (TPSA) is 24.5 Å². The highest BCUT2D eigenvalue weighted by molar-refractivity contribution is 5.54. The second-order valence-electron chi connectivity index (χ2n) is 6.13. The summed E-state index contributed by atoms with van der Waals surface area (Å²) in [6.45, 7) is 11.1. The minimum absolute atomic E-state index is 0.561. The largest absolute Gasteiger partial charge is 0.496 e. The maximum atomic E-state index is 5.37. The first-order chi connectivity index (χ1) is 9.56. The van der Waals surface area contributed by atoms with Crippen LogP contribution in [-0.4, -0.2) is 32.3 Å². The van der Waals surface area contributed by atoms with E-state index in [1.54, 1.807) is 7.11 Å². The molecule has 1 aromatic rings. The van der Waals surface area contributed by atoms with Gasteiger partial charge in [0.1, 0.15) is 5.75 Å². The molecule has 1 saturated heterocycles. The summed E-state index contributed by atoms with van der Waals surface area (Å²) in [7, 11) is 1.73. The van der Waals surface area contributed by atoms with Gasteiger partial charge in [0.2, 0.25) is 0 Å². The summed E-state index contributed by atoms with van der Waals surface area (Å²) in [5.74, 6) is 1.61. The SMILES string of the molecule is CCC1CN(c2ccc(OC)c(C)c2)C(C(C)C)CN1. The first-order valence-electron chi connectivity index (χ1n) is 7.71. The van der Waals surface area contributed by atoms with Gasteiger partial charge >= 0.3 is 0 Å². The lowest BCUT2D eigenvalue weighted by Gasteiger charge is -2.44. The molecule has 1 fully saturated rings. The zero-order chi connectivity index (χ0) is 14.7. The van der Waals surface area contributed by atoms with E-state index in [1.165, 1.54) is 17.7 Å². The fourth-order valence-corrected chi connectivity index (χ4v) is 3.04. The molecule has 0 saturated carbocycles. The van der Waals surface area contributed by atoms with E-state index in [4.69, 9.17) is 4.74 Å². The molecule has 20 heavy (non-hydrogen) atoms. The van der Waals surface area contributed by atoms with E-state index in [-0.39, 0.29) is 0 Å². The zero-order valence-corrected chi connectivity index (χ0v) is 13.4. The van der Waals surface area contributed by atoms with Crippen LogP contribution in [0.4, 0.5) is 5.69 Å². The molecule has 1 heterocycles. The van der Waals surface area contributed by atoms with Crippen molar-refractivity contribution in [1.82, 2.24) is 5.32 Å². The van der Waals surface area contributed by atoms with Crippen LogP contribution >= 0.6 is 0 Å². The number of hydrogen-bond donors (Lipinski definition) is 1. The van der Waals surface area contributed by atoms with Gasteiger partial charge in [-0.25, -0.2) is 0 Å². The minimum atomic E-state index is 0.561. The van der Waals surface area contributed by atoms with Crippen molar-refractivity contribution >= 4 is 5.69 Å². The van der Waals surface area contributed by atoms with Crippen molar-refractivity contribution in [1.29, 1.82) is 0 Å². The third-order valence-electron chi connectivity index (χ3n) is 4.41. The lowest BCUT2D eigenvalue weighted by Crippen LogP contribution is -2.58. The summed E-state index contributed by atoms with van der Waals surface area (Å²) in [6, 6.07) is 7.69. The molecule has 0 radical (unpaired) electrons. The van der Waals surface area contributed by atoms with E-state index < -0.39 is 0 Å². The Morgan fingerprint density at radius 2 is 2.15 bits per heavy atom. The van der Waals surface area contributed by atoms with Crippen molar-refractivity contribution in [3.63, 3.8) is 0 Å². The summed E-state index contributed by atoms with van der Waals surface area (Å²) in [6.07, 6.45) is 1.18. The van der Waals surface area contributed by atoms with E-state index in [0.717, 1.165) is 18.8 Å². The summed E-state index contributed by atoms with van der Waals surface area (Å²) in [5.41, 5.74) is 2.53. The predicted molar refractivity (Wildman–Crippen MR) is 85.8 cm³/mol. The molecule has 1 aliphatic heterocycles. The van der Waals surface area contributed by atoms with Crippen LogP contribution in [-0.2, 0) is 0 Å². The normalized spacial score (nSPS) is 23.2. The quantitative estimate of drug-likeness (QED) is 0.914. The first kappa shape index (κ1) is 15.2. The van der Waals surface area contributed by atoms with E-state index in [9.17, 15) is 0 Å². The van der Waals surface area contributed by atoms with Crippen LogP contribution in [0.5, 0.6) is 5.75 Å². The molecule has 112 valence electrons. The third-order valence-corrected chi connectivity index (χ3v) is 4.41.